The highest BCUT2D eigenvalue weighted by atomic mass is 79.9. The number of hydrogen-bond acceptors (Lipinski definition) is 3. The number of rotatable bonds is 3. The molecule has 2 nitrogen and oxygen atoms in total. The fourth-order valence-electron chi connectivity index (χ4n) is 1.90. The van der Waals surface area contributed by atoms with Crippen molar-refractivity contribution in [1.29, 1.82) is 0 Å². The maximum atomic E-state index is 4.19. The molecule has 1 aromatic carbocycles. The van der Waals surface area contributed by atoms with E-state index in [1.165, 1.54) is 10.3 Å². The molecular formula is C14H11BrN2S. The number of pyridine rings is 1. The second-order valence-electron chi connectivity index (χ2n) is 3.99. The van der Waals surface area contributed by atoms with Gasteiger partial charge in [-0.1, -0.05) is 12.1 Å². The van der Waals surface area contributed by atoms with Gasteiger partial charge in [0, 0.05) is 44.7 Å². The summed E-state index contributed by atoms with van der Waals surface area (Å²) in [5.41, 5.74) is 1.13. The minimum atomic E-state index is 0.838. The van der Waals surface area contributed by atoms with Gasteiger partial charge in [-0.15, -0.1) is 11.3 Å². The van der Waals surface area contributed by atoms with E-state index in [4.69, 9.17) is 0 Å². The predicted molar refractivity (Wildman–Crippen MR) is 81.1 cm³/mol. The third-order valence-corrected chi connectivity index (χ3v) is 4.46. The molecule has 0 saturated heterocycles. The number of benzene rings is 1. The van der Waals surface area contributed by atoms with E-state index < -0.39 is 0 Å². The van der Waals surface area contributed by atoms with Crippen molar-refractivity contribution >= 4 is 43.7 Å². The fraction of sp³-hybridized carbons (Fsp3) is 0.0714. The molecule has 3 rings (SSSR count). The molecule has 0 saturated carbocycles. The predicted octanol–water partition coefficient (Wildman–Crippen LogP) is 4.67. The van der Waals surface area contributed by atoms with Crippen LogP contribution in [0.25, 0.3) is 10.8 Å². The molecule has 0 amide bonds. The molecule has 0 radical (unpaired) electrons. The number of hydrogen-bond donors (Lipinski definition) is 1. The number of nitrogens with zero attached hydrogens (tertiary/aromatic N) is 1. The standard InChI is InChI=1S/C14H11BrN2S/c15-11-6-12(18-9-11)7-17-14-3-1-2-10-4-5-16-8-13(10)14/h1-6,8-9,17H,7H2. The van der Waals surface area contributed by atoms with Gasteiger partial charge in [-0.3, -0.25) is 4.98 Å². The Morgan fingerprint density at radius 2 is 2.22 bits per heavy atom. The monoisotopic (exact) mass is 318 g/mol. The summed E-state index contributed by atoms with van der Waals surface area (Å²) in [6.07, 6.45) is 3.73. The van der Waals surface area contributed by atoms with E-state index in [0.717, 1.165) is 22.1 Å². The van der Waals surface area contributed by atoms with Gasteiger partial charge in [0.2, 0.25) is 0 Å². The molecule has 0 atom stereocenters. The minimum Gasteiger partial charge on any atom is -0.380 e. The topological polar surface area (TPSA) is 24.9 Å². The van der Waals surface area contributed by atoms with Gasteiger partial charge in [0.1, 0.15) is 0 Å². The third-order valence-electron chi connectivity index (χ3n) is 2.76. The minimum absolute atomic E-state index is 0.838. The van der Waals surface area contributed by atoms with Crippen molar-refractivity contribution in [1.82, 2.24) is 4.98 Å². The molecule has 0 aliphatic carbocycles. The maximum absolute atomic E-state index is 4.19. The van der Waals surface area contributed by atoms with Crippen LogP contribution < -0.4 is 5.32 Å². The number of aromatic nitrogens is 1. The van der Waals surface area contributed by atoms with Gasteiger partial charge in [-0.05, 0) is 39.5 Å². The van der Waals surface area contributed by atoms with Gasteiger partial charge >= 0.3 is 0 Å². The zero-order chi connectivity index (χ0) is 12.4. The Morgan fingerprint density at radius 1 is 1.28 bits per heavy atom. The molecule has 18 heavy (non-hydrogen) atoms. The van der Waals surface area contributed by atoms with Crippen LogP contribution in [0.5, 0.6) is 0 Å². The Bertz CT molecular complexity index is 673. The van der Waals surface area contributed by atoms with Crippen molar-refractivity contribution in [2.24, 2.45) is 0 Å². The average molecular weight is 319 g/mol. The molecule has 0 fully saturated rings. The number of halogens is 1. The Hall–Kier alpha value is -1.39. The maximum Gasteiger partial charge on any atom is 0.0494 e. The van der Waals surface area contributed by atoms with Crippen LogP contribution in [0.3, 0.4) is 0 Å². The normalized spacial score (nSPS) is 10.7. The van der Waals surface area contributed by atoms with Crippen molar-refractivity contribution in [2.45, 2.75) is 6.54 Å². The van der Waals surface area contributed by atoms with Crippen molar-refractivity contribution < 1.29 is 0 Å². The third kappa shape index (κ3) is 2.40. The molecule has 0 aliphatic heterocycles. The van der Waals surface area contributed by atoms with Crippen LogP contribution >= 0.6 is 27.3 Å². The number of thiophene rings is 1. The van der Waals surface area contributed by atoms with Gasteiger partial charge in [-0.2, -0.15) is 0 Å². The summed E-state index contributed by atoms with van der Waals surface area (Å²) in [4.78, 5) is 5.50. The van der Waals surface area contributed by atoms with Gasteiger partial charge in [0.15, 0.2) is 0 Å². The lowest BCUT2D eigenvalue weighted by atomic mass is 10.1. The van der Waals surface area contributed by atoms with Gasteiger partial charge < -0.3 is 5.32 Å². The summed E-state index contributed by atoms with van der Waals surface area (Å²) >= 11 is 5.22. The molecule has 1 N–H and O–H groups in total. The Balaban J connectivity index is 1.86. The summed E-state index contributed by atoms with van der Waals surface area (Å²) in [7, 11) is 0. The molecule has 0 aliphatic rings. The van der Waals surface area contributed by atoms with Crippen LogP contribution in [0.15, 0.2) is 52.6 Å². The van der Waals surface area contributed by atoms with E-state index in [2.05, 4.69) is 55.9 Å². The van der Waals surface area contributed by atoms with E-state index in [-0.39, 0.29) is 0 Å². The lowest BCUT2D eigenvalue weighted by Crippen LogP contribution is -1.98. The molecule has 0 bridgehead atoms. The van der Waals surface area contributed by atoms with Crippen molar-refractivity contribution in [3.63, 3.8) is 0 Å². The first-order valence-corrected chi connectivity index (χ1v) is 7.30. The highest BCUT2D eigenvalue weighted by molar-refractivity contribution is 9.10. The van der Waals surface area contributed by atoms with E-state index in [1.54, 1.807) is 11.3 Å². The quantitative estimate of drug-likeness (QED) is 0.759. The van der Waals surface area contributed by atoms with Crippen molar-refractivity contribution in [3.8, 4) is 0 Å². The highest BCUT2D eigenvalue weighted by Gasteiger charge is 2.01. The zero-order valence-corrected chi connectivity index (χ0v) is 12.0. The largest absolute Gasteiger partial charge is 0.380 e. The summed E-state index contributed by atoms with van der Waals surface area (Å²) < 4.78 is 1.14. The van der Waals surface area contributed by atoms with E-state index in [0.29, 0.717) is 0 Å². The molecule has 2 heterocycles. The number of fused-ring (bicyclic) bond motifs is 1. The number of anilines is 1. The van der Waals surface area contributed by atoms with E-state index >= 15 is 0 Å². The first kappa shape index (κ1) is 11.7. The molecule has 0 spiro atoms. The Morgan fingerprint density at radius 3 is 3.06 bits per heavy atom. The second-order valence-corrected chi connectivity index (χ2v) is 5.90. The first-order chi connectivity index (χ1) is 8.83. The Labute approximate surface area is 118 Å². The van der Waals surface area contributed by atoms with E-state index in [9.17, 15) is 0 Å². The average Bonchev–Trinajstić information content (AvgIpc) is 2.82. The molecule has 3 aromatic rings. The first-order valence-electron chi connectivity index (χ1n) is 5.62. The SMILES string of the molecule is Brc1csc(CNc2cccc3ccncc23)c1. The molecule has 4 heteroatoms. The van der Waals surface area contributed by atoms with Gasteiger partial charge in [0.25, 0.3) is 0 Å². The van der Waals surface area contributed by atoms with Gasteiger partial charge in [0.05, 0.1) is 0 Å². The summed E-state index contributed by atoms with van der Waals surface area (Å²) in [5, 5.41) is 7.94. The zero-order valence-electron chi connectivity index (χ0n) is 9.56. The molecular weight excluding hydrogens is 308 g/mol. The molecule has 0 unspecified atom stereocenters. The van der Waals surface area contributed by atoms with Crippen molar-refractivity contribution in [3.05, 3.63) is 57.5 Å². The van der Waals surface area contributed by atoms with Crippen LogP contribution in [0, 0.1) is 0 Å². The van der Waals surface area contributed by atoms with Crippen molar-refractivity contribution in [2.75, 3.05) is 5.32 Å². The van der Waals surface area contributed by atoms with Crippen LogP contribution in [0.1, 0.15) is 4.88 Å². The molecule has 2 aromatic heterocycles. The van der Waals surface area contributed by atoms with Crippen LogP contribution in [0.4, 0.5) is 5.69 Å². The summed E-state index contributed by atoms with van der Waals surface area (Å²) in [6.45, 7) is 0.838. The summed E-state index contributed by atoms with van der Waals surface area (Å²) in [5.74, 6) is 0. The lowest BCUT2D eigenvalue weighted by Gasteiger charge is -2.08. The second kappa shape index (κ2) is 5.08. The van der Waals surface area contributed by atoms with Crippen LogP contribution in [-0.4, -0.2) is 4.98 Å². The Kier molecular flexibility index (Phi) is 3.30. The van der Waals surface area contributed by atoms with Crippen LogP contribution in [0.2, 0.25) is 0 Å². The van der Waals surface area contributed by atoms with Crippen LogP contribution in [-0.2, 0) is 6.54 Å². The summed E-state index contributed by atoms with van der Waals surface area (Å²) in [6, 6.07) is 10.4. The highest BCUT2D eigenvalue weighted by Crippen LogP contribution is 2.24. The molecule has 90 valence electrons. The smallest absolute Gasteiger partial charge is 0.0494 e. The van der Waals surface area contributed by atoms with E-state index in [1.807, 2.05) is 18.5 Å². The fourth-order valence-corrected chi connectivity index (χ4v) is 3.29. The lowest BCUT2D eigenvalue weighted by molar-refractivity contribution is 1.20. The van der Waals surface area contributed by atoms with Gasteiger partial charge in [-0.25, -0.2) is 0 Å². The number of nitrogens with one attached hydrogen (secondary N) is 1.